The largest absolute Gasteiger partial charge is 0.356 e. The van der Waals surface area contributed by atoms with Gasteiger partial charge in [0.2, 0.25) is 5.91 Å². The molecule has 1 amide bonds. The molecular formula is C12H25ClN2O. The van der Waals surface area contributed by atoms with Crippen molar-refractivity contribution in [2.75, 3.05) is 13.1 Å². The van der Waals surface area contributed by atoms with E-state index in [9.17, 15) is 4.79 Å². The highest BCUT2D eigenvalue weighted by atomic mass is 35.5. The number of nitrogens with two attached hydrogens (primary N) is 1. The van der Waals surface area contributed by atoms with Crippen molar-refractivity contribution < 1.29 is 4.79 Å². The SMILES string of the molecule is CC1CCCCC1CCNC(=O)CCN.Cl. The van der Waals surface area contributed by atoms with Crippen LogP contribution in [0.4, 0.5) is 0 Å². The van der Waals surface area contributed by atoms with Crippen LogP contribution in [0, 0.1) is 11.8 Å². The van der Waals surface area contributed by atoms with E-state index in [-0.39, 0.29) is 18.3 Å². The van der Waals surface area contributed by atoms with E-state index >= 15 is 0 Å². The van der Waals surface area contributed by atoms with Crippen molar-refractivity contribution in [2.24, 2.45) is 17.6 Å². The minimum absolute atomic E-state index is 0. The lowest BCUT2D eigenvalue weighted by molar-refractivity contribution is -0.120. The predicted octanol–water partition coefficient (Wildman–Crippen LogP) is 2.09. The first-order chi connectivity index (χ1) is 7.24. The fourth-order valence-electron chi connectivity index (χ4n) is 2.44. The zero-order chi connectivity index (χ0) is 11.1. The maximum Gasteiger partial charge on any atom is 0.221 e. The van der Waals surface area contributed by atoms with Crippen LogP contribution in [0.1, 0.15) is 45.4 Å². The highest BCUT2D eigenvalue weighted by molar-refractivity contribution is 5.85. The molecule has 4 heteroatoms. The minimum atomic E-state index is 0. The first-order valence-corrected chi connectivity index (χ1v) is 6.20. The summed E-state index contributed by atoms with van der Waals surface area (Å²) in [7, 11) is 0. The van der Waals surface area contributed by atoms with Gasteiger partial charge in [-0.3, -0.25) is 4.79 Å². The molecular weight excluding hydrogens is 224 g/mol. The Morgan fingerprint density at radius 3 is 2.69 bits per heavy atom. The molecule has 2 unspecified atom stereocenters. The molecule has 0 aromatic carbocycles. The average molecular weight is 249 g/mol. The van der Waals surface area contributed by atoms with E-state index in [2.05, 4.69) is 12.2 Å². The fraction of sp³-hybridized carbons (Fsp3) is 0.917. The summed E-state index contributed by atoms with van der Waals surface area (Å²) in [6.07, 6.45) is 7.05. The van der Waals surface area contributed by atoms with Crippen LogP contribution in [-0.4, -0.2) is 19.0 Å². The van der Waals surface area contributed by atoms with Gasteiger partial charge < -0.3 is 11.1 Å². The third-order valence-electron chi connectivity index (χ3n) is 3.50. The molecule has 0 aliphatic heterocycles. The summed E-state index contributed by atoms with van der Waals surface area (Å²) in [5.41, 5.74) is 5.31. The molecule has 0 aromatic rings. The maximum absolute atomic E-state index is 11.2. The highest BCUT2D eigenvalue weighted by Crippen LogP contribution is 2.31. The molecule has 96 valence electrons. The zero-order valence-electron chi connectivity index (χ0n) is 10.2. The van der Waals surface area contributed by atoms with Crippen molar-refractivity contribution in [2.45, 2.75) is 45.4 Å². The number of nitrogens with one attached hydrogen (secondary N) is 1. The number of hydrogen-bond acceptors (Lipinski definition) is 2. The van der Waals surface area contributed by atoms with Crippen molar-refractivity contribution in [1.82, 2.24) is 5.32 Å². The van der Waals surface area contributed by atoms with E-state index in [0.717, 1.165) is 24.8 Å². The molecule has 2 atom stereocenters. The molecule has 0 aromatic heterocycles. The zero-order valence-corrected chi connectivity index (χ0v) is 11.0. The summed E-state index contributed by atoms with van der Waals surface area (Å²) >= 11 is 0. The molecule has 1 saturated carbocycles. The van der Waals surface area contributed by atoms with E-state index in [0.29, 0.717) is 13.0 Å². The van der Waals surface area contributed by atoms with Crippen LogP contribution in [0.25, 0.3) is 0 Å². The molecule has 1 aliphatic rings. The van der Waals surface area contributed by atoms with Crippen LogP contribution in [-0.2, 0) is 4.79 Å². The normalized spacial score (nSPS) is 24.6. The van der Waals surface area contributed by atoms with Crippen molar-refractivity contribution in [1.29, 1.82) is 0 Å². The van der Waals surface area contributed by atoms with E-state index in [4.69, 9.17) is 5.73 Å². The van der Waals surface area contributed by atoms with Gasteiger partial charge in [-0.25, -0.2) is 0 Å². The molecule has 1 rings (SSSR count). The number of carbonyl (C=O) groups excluding carboxylic acids is 1. The predicted molar refractivity (Wildman–Crippen MR) is 69.7 cm³/mol. The molecule has 0 radical (unpaired) electrons. The van der Waals surface area contributed by atoms with Crippen LogP contribution in [0.15, 0.2) is 0 Å². The molecule has 3 nitrogen and oxygen atoms in total. The van der Waals surface area contributed by atoms with Gasteiger partial charge in [0.25, 0.3) is 0 Å². The minimum Gasteiger partial charge on any atom is -0.356 e. The summed E-state index contributed by atoms with van der Waals surface area (Å²) in [5.74, 6) is 1.75. The number of rotatable bonds is 5. The Kier molecular flexibility index (Phi) is 8.67. The summed E-state index contributed by atoms with van der Waals surface area (Å²) in [4.78, 5) is 11.2. The van der Waals surface area contributed by atoms with E-state index in [1.165, 1.54) is 25.7 Å². The summed E-state index contributed by atoms with van der Waals surface area (Å²) in [5, 5.41) is 2.93. The molecule has 1 fully saturated rings. The Hall–Kier alpha value is -0.280. The third kappa shape index (κ3) is 5.71. The van der Waals surface area contributed by atoms with Crippen LogP contribution in [0.2, 0.25) is 0 Å². The highest BCUT2D eigenvalue weighted by Gasteiger charge is 2.20. The smallest absolute Gasteiger partial charge is 0.221 e. The Balaban J connectivity index is 0.00000225. The summed E-state index contributed by atoms with van der Waals surface area (Å²) in [6, 6.07) is 0. The number of carbonyl (C=O) groups is 1. The van der Waals surface area contributed by atoms with Crippen LogP contribution < -0.4 is 11.1 Å². The molecule has 3 N–H and O–H groups in total. The molecule has 16 heavy (non-hydrogen) atoms. The first-order valence-electron chi connectivity index (χ1n) is 6.20. The van der Waals surface area contributed by atoms with Gasteiger partial charge in [0.05, 0.1) is 0 Å². The maximum atomic E-state index is 11.2. The summed E-state index contributed by atoms with van der Waals surface area (Å²) < 4.78 is 0. The van der Waals surface area contributed by atoms with E-state index in [1.807, 2.05) is 0 Å². The van der Waals surface area contributed by atoms with Gasteiger partial charge in [0.1, 0.15) is 0 Å². The standard InChI is InChI=1S/C12H24N2O.ClH/c1-10-4-2-3-5-11(10)7-9-14-12(15)6-8-13;/h10-11H,2-9,13H2,1H3,(H,14,15);1H. The quantitative estimate of drug-likeness (QED) is 0.783. The average Bonchev–Trinajstić information content (AvgIpc) is 2.21. The third-order valence-corrected chi connectivity index (χ3v) is 3.50. The lowest BCUT2D eigenvalue weighted by Crippen LogP contribution is -2.29. The van der Waals surface area contributed by atoms with Gasteiger partial charge >= 0.3 is 0 Å². The molecule has 0 saturated heterocycles. The molecule has 0 heterocycles. The van der Waals surface area contributed by atoms with Crippen molar-refractivity contribution in [3.63, 3.8) is 0 Å². The Morgan fingerprint density at radius 2 is 2.06 bits per heavy atom. The van der Waals surface area contributed by atoms with Crippen LogP contribution in [0.5, 0.6) is 0 Å². The van der Waals surface area contributed by atoms with Gasteiger partial charge in [-0.15, -0.1) is 12.4 Å². The fourth-order valence-corrected chi connectivity index (χ4v) is 2.44. The summed E-state index contributed by atoms with van der Waals surface area (Å²) in [6.45, 7) is 3.62. The number of halogens is 1. The second-order valence-corrected chi connectivity index (χ2v) is 4.70. The first kappa shape index (κ1) is 15.7. The van der Waals surface area contributed by atoms with Gasteiger partial charge in [-0.05, 0) is 18.3 Å². The molecule has 0 bridgehead atoms. The lowest BCUT2D eigenvalue weighted by Gasteiger charge is -2.28. The Bertz CT molecular complexity index is 199. The van der Waals surface area contributed by atoms with Crippen molar-refractivity contribution in [3.05, 3.63) is 0 Å². The van der Waals surface area contributed by atoms with Gasteiger partial charge in [0.15, 0.2) is 0 Å². The van der Waals surface area contributed by atoms with Gasteiger partial charge in [-0.2, -0.15) is 0 Å². The topological polar surface area (TPSA) is 55.1 Å². The monoisotopic (exact) mass is 248 g/mol. The van der Waals surface area contributed by atoms with E-state index < -0.39 is 0 Å². The Morgan fingerprint density at radius 1 is 1.38 bits per heavy atom. The van der Waals surface area contributed by atoms with Crippen LogP contribution >= 0.6 is 12.4 Å². The van der Waals surface area contributed by atoms with Crippen molar-refractivity contribution >= 4 is 18.3 Å². The van der Waals surface area contributed by atoms with E-state index in [1.54, 1.807) is 0 Å². The Labute approximate surface area is 105 Å². The number of amides is 1. The molecule has 1 aliphatic carbocycles. The van der Waals surface area contributed by atoms with Gasteiger partial charge in [0, 0.05) is 19.5 Å². The van der Waals surface area contributed by atoms with Crippen LogP contribution in [0.3, 0.4) is 0 Å². The second kappa shape index (κ2) is 8.82. The van der Waals surface area contributed by atoms with Gasteiger partial charge in [-0.1, -0.05) is 32.6 Å². The number of hydrogen-bond donors (Lipinski definition) is 2. The molecule has 0 spiro atoms. The van der Waals surface area contributed by atoms with Crippen molar-refractivity contribution in [3.8, 4) is 0 Å². The second-order valence-electron chi connectivity index (χ2n) is 4.70. The lowest BCUT2D eigenvalue weighted by atomic mass is 9.79.